The van der Waals surface area contributed by atoms with Gasteiger partial charge in [0.1, 0.15) is 5.82 Å². The second kappa shape index (κ2) is 4.78. The van der Waals surface area contributed by atoms with Crippen LogP contribution in [0.2, 0.25) is 0 Å². The van der Waals surface area contributed by atoms with Crippen LogP contribution in [0.4, 0.5) is 5.13 Å². The van der Waals surface area contributed by atoms with Gasteiger partial charge in [-0.1, -0.05) is 20.8 Å². The molecule has 6 heteroatoms. The van der Waals surface area contributed by atoms with E-state index in [1.807, 2.05) is 0 Å². The molecule has 0 aromatic carbocycles. The van der Waals surface area contributed by atoms with E-state index in [0.29, 0.717) is 5.13 Å². The van der Waals surface area contributed by atoms with E-state index in [1.54, 1.807) is 19.0 Å². The monoisotopic (exact) mass is 242 g/mol. The molecule has 0 aliphatic heterocycles. The van der Waals surface area contributed by atoms with E-state index in [2.05, 4.69) is 35.4 Å². The van der Waals surface area contributed by atoms with Crippen molar-refractivity contribution in [1.82, 2.24) is 14.3 Å². The molecule has 0 saturated heterocycles. The van der Waals surface area contributed by atoms with Gasteiger partial charge in [0.15, 0.2) is 0 Å². The van der Waals surface area contributed by atoms with E-state index in [9.17, 15) is 4.79 Å². The molecule has 0 unspecified atom stereocenters. The van der Waals surface area contributed by atoms with Gasteiger partial charge < -0.3 is 10.2 Å². The highest BCUT2D eigenvalue weighted by molar-refractivity contribution is 7.09. The number of aromatic nitrogens is 2. The van der Waals surface area contributed by atoms with Crippen LogP contribution in [0.3, 0.4) is 0 Å². The summed E-state index contributed by atoms with van der Waals surface area (Å²) in [6.07, 6.45) is 0. The van der Waals surface area contributed by atoms with Crippen LogP contribution in [0.5, 0.6) is 0 Å². The average molecular weight is 242 g/mol. The Morgan fingerprint density at radius 1 is 1.44 bits per heavy atom. The predicted octanol–water partition coefficient (Wildman–Crippen LogP) is 1.34. The van der Waals surface area contributed by atoms with E-state index in [0.717, 1.165) is 5.82 Å². The maximum Gasteiger partial charge on any atom is 0.241 e. The Bertz CT molecular complexity index is 367. The fourth-order valence-corrected chi connectivity index (χ4v) is 1.66. The highest BCUT2D eigenvalue weighted by Gasteiger charge is 2.19. The summed E-state index contributed by atoms with van der Waals surface area (Å²) in [4.78, 5) is 17.2. The summed E-state index contributed by atoms with van der Waals surface area (Å²) < 4.78 is 4.25. The second-order valence-corrected chi connectivity index (χ2v) is 5.57. The zero-order valence-electron chi connectivity index (χ0n) is 10.4. The minimum absolute atomic E-state index is 0.0208. The maximum absolute atomic E-state index is 11.3. The van der Waals surface area contributed by atoms with Crippen LogP contribution in [0.1, 0.15) is 26.6 Å². The third-order valence-corrected chi connectivity index (χ3v) is 2.66. The molecule has 1 rings (SSSR count). The average Bonchev–Trinajstić information content (AvgIpc) is 2.61. The van der Waals surface area contributed by atoms with Gasteiger partial charge in [-0.15, -0.1) is 0 Å². The normalized spacial score (nSPS) is 11.3. The van der Waals surface area contributed by atoms with E-state index in [1.165, 1.54) is 11.5 Å². The van der Waals surface area contributed by atoms with Crippen LogP contribution in [0, 0.1) is 0 Å². The zero-order chi connectivity index (χ0) is 12.3. The van der Waals surface area contributed by atoms with Crippen molar-refractivity contribution in [3.8, 4) is 0 Å². The number of carbonyl (C=O) groups is 1. The van der Waals surface area contributed by atoms with Crippen molar-refractivity contribution >= 4 is 22.6 Å². The lowest BCUT2D eigenvalue weighted by Crippen LogP contribution is -2.28. The molecule has 0 saturated carbocycles. The van der Waals surface area contributed by atoms with E-state index in [-0.39, 0.29) is 17.9 Å². The third kappa shape index (κ3) is 3.44. The highest BCUT2D eigenvalue weighted by atomic mass is 32.1. The Labute approximate surface area is 100 Å². The standard InChI is InChI=1S/C10H18N4OS/c1-10(2,3)8-12-9(16-13-8)11-6-7(15)14(4)5/h6H2,1-5H3,(H,11,12,13). The van der Waals surface area contributed by atoms with Crippen molar-refractivity contribution in [1.29, 1.82) is 0 Å². The Kier molecular flexibility index (Phi) is 3.85. The number of amides is 1. The topological polar surface area (TPSA) is 58.1 Å². The number of nitrogens with zero attached hydrogens (tertiary/aromatic N) is 3. The summed E-state index contributed by atoms with van der Waals surface area (Å²) in [5, 5.41) is 3.67. The minimum atomic E-state index is -0.0536. The van der Waals surface area contributed by atoms with Crippen LogP contribution in [0.25, 0.3) is 0 Å². The minimum Gasteiger partial charge on any atom is -0.351 e. The van der Waals surface area contributed by atoms with Gasteiger partial charge in [-0.05, 0) is 0 Å². The summed E-state index contributed by atoms with van der Waals surface area (Å²) in [5.41, 5.74) is -0.0536. The first-order chi connectivity index (χ1) is 7.30. The van der Waals surface area contributed by atoms with Crippen LogP contribution in [-0.4, -0.2) is 40.8 Å². The number of nitrogens with one attached hydrogen (secondary N) is 1. The van der Waals surface area contributed by atoms with Crippen molar-refractivity contribution in [2.45, 2.75) is 26.2 Å². The molecule has 1 aromatic heterocycles. The Morgan fingerprint density at radius 2 is 2.06 bits per heavy atom. The van der Waals surface area contributed by atoms with Crippen molar-refractivity contribution in [2.75, 3.05) is 26.0 Å². The molecule has 90 valence electrons. The molecular formula is C10H18N4OS. The highest BCUT2D eigenvalue weighted by Crippen LogP contribution is 2.22. The molecule has 0 aliphatic carbocycles. The van der Waals surface area contributed by atoms with Crippen molar-refractivity contribution < 1.29 is 4.79 Å². The number of hydrogen-bond acceptors (Lipinski definition) is 5. The lowest BCUT2D eigenvalue weighted by Gasteiger charge is -2.12. The number of hydrogen-bond donors (Lipinski definition) is 1. The smallest absolute Gasteiger partial charge is 0.241 e. The van der Waals surface area contributed by atoms with Gasteiger partial charge in [-0.25, -0.2) is 4.98 Å². The molecule has 0 fully saturated rings. The van der Waals surface area contributed by atoms with Gasteiger partial charge in [0, 0.05) is 31.0 Å². The number of carbonyl (C=O) groups excluding carboxylic acids is 1. The Hall–Kier alpha value is -1.17. The van der Waals surface area contributed by atoms with Gasteiger partial charge in [-0.3, -0.25) is 4.79 Å². The number of anilines is 1. The Morgan fingerprint density at radius 3 is 2.50 bits per heavy atom. The van der Waals surface area contributed by atoms with Crippen molar-refractivity contribution in [2.24, 2.45) is 0 Å². The summed E-state index contributed by atoms with van der Waals surface area (Å²) >= 11 is 1.29. The molecule has 0 bridgehead atoms. The molecule has 1 heterocycles. The maximum atomic E-state index is 11.3. The molecule has 5 nitrogen and oxygen atoms in total. The lowest BCUT2D eigenvalue weighted by molar-refractivity contribution is -0.126. The zero-order valence-corrected chi connectivity index (χ0v) is 11.2. The largest absolute Gasteiger partial charge is 0.351 e. The van der Waals surface area contributed by atoms with E-state index in [4.69, 9.17) is 0 Å². The van der Waals surface area contributed by atoms with Crippen molar-refractivity contribution in [3.05, 3.63) is 5.82 Å². The van der Waals surface area contributed by atoms with Crippen LogP contribution >= 0.6 is 11.5 Å². The molecular weight excluding hydrogens is 224 g/mol. The van der Waals surface area contributed by atoms with E-state index >= 15 is 0 Å². The van der Waals surface area contributed by atoms with Gasteiger partial charge in [0.05, 0.1) is 6.54 Å². The first-order valence-electron chi connectivity index (χ1n) is 5.09. The first-order valence-corrected chi connectivity index (χ1v) is 5.86. The SMILES string of the molecule is CN(C)C(=O)CNc1nc(C(C)(C)C)ns1. The molecule has 0 atom stereocenters. The summed E-state index contributed by atoms with van der Waals surface area (Å²) in [5.74, 6) is 0.824. The number of likely N-dealkylation sites (N-methyl/N-ethyl adjacent to an activating group) is 1. The van der Waals surface area contributed by atoms with Crippen LogP contribution < -0.4 is 5.32 Å². The molecule has 0 spiro atoms. The molecule has 1 N–H and O–H groups in total. The summed E-state index contributed by atoms with van der Waals surface area (Å²) in [6.45, 7) is 6.43. The van der Waals surface area contributed by atoms with Gasteiger partial charge in [0.25, 0.3) is 0 Å². The van der Waals surface area contributed by atoms with Gasteiger partial charge in [-0.2, -0.15) is 4.37 Å². The second-order valence-electron chi connectivity index (χ2n) is 4.81. The lowest BCUT2D eigenvalue weighted by atomic mass is 9.96. The summed E-state index contributed by atoms with van der Waals surface area (Å²) in [7, 11) is 3.45. The quantitative estimate of drug-likeness (QED) is 0.869. The molecule has 1 amide bonds. The fourth-order valence-electron chi connectivity index (χ4n) is 0.909. The first kappa shape index (κ1) is 12.9. The predicted molar refractivity (Wildman–Crippen MR) is 65.8 cm³/mol. The Balaban J connectivity index is 2.57. The van der Waals surface area contributed by atoms with Gasteiger partial charge in [0.2, 0.25) is 11.0 Å². The molecule has 0 radical (unpaired) electrons. The van der Waals surface area contributed by atoms with Crippen LogP contribution in [-0.2, 0) is 10.2 Å². The van der Waals surface area contributed by atoms with Crippen LogP contribution in [0.15, 0.2) is 0 Å². The fraction of sp³-hybridized carbons (Fsp3) is 0.700. The third-order valence-electron chi connectivity index (χ3n) is 1.99. The summed E-state index contributed by atoms with van der Waals surface area (Å²) in [6, 6.07) is 0. The molecule has 0 aliphatic rings. The number of rotatable bonds is 3. The molecule has 16 heavy (non-hydrogen) atoms. The molecule has 1 aromatic rings. The van der Waals surface area contributed by atoms with E-state index < -0.39 is 0 Å². The van der Waals surface area contributed by atoms with Crippen molar-refractivity contribution in [3.63, 3.8) is 0 Å². The van der Waals surface area contributed by atoms with Gasteiger partial charge >= 0.3 is 0 Å².